The standard InChI is InChI=1S/C36H39ClN6O6S/c1-50(46,47)40-27-8-11-31(12-9-27)49-34-14-7-26(24-38-34)25-41-17-15-30(16-18-41)43(29-5-3-2-4-6-29)36(45)39-28-10-13-33(37)32(23-28)35(44)42-19-21-48-22-20-42/h2-14,23-24,30,40H,15-22,25H2,1H3,(H,39,45). The number of rotatable bonds is 10. The van der Waals surface area contributed by atoms with E-state index in [4.69, 9.17) is 21.1 Å². The Morgan fingerprint density at radius 3 is 2.30 bits per heavy atom. The number of pyridine rings is 1. The predicted molar refractivity (Wildman–Crippen MR) is 194 cm³/mol. The largest absolute Gasteiger partial charge is 0.439 e. The fourth-order valence-corrected chi connectivity index (χ4v) is 6.82. The molecule has 2 N–H and O–H groups in total. The van der Waals surface area contributed by atoms with E-state index < -0.39 is 10.0 Å². The molecule has 1 aromatic heterocycles. The number of nitrogens with one attached hydrogen (secondary N) is 2. The SMILES string of the molecule is CS(=O)(=O)Nc1ccc(Oc2ccc(CN3CCC(N(C(=O)Nc4ccc(Cl)c(C(=O)N5CCOCC5)c4)c4ccccc4)CC3)cn2)cc1. The lowest BCUT2D eigenvalue weighted by molar-refractivity contribution is 0.0303. The number of para-hydroxylation sites is 1. The first kappa shape index (κ1) is 35.1. The highest BCUT2D eigenvalue weighted by molar-refractivity contribution is 7.92. The Hall–Kier alpha value is -4.69. The average molecular weight is 719 g/mol. The van der Waals surface area contributed by atoms with Crippen LogP contribution in [-0.2, 0) is 21.3 Å². The minimum atomic E-state index is -3.35. The number of urea groups is 1. The van der Waals surface area contributed by atoms with Crippen LogP contribution in [0.5, 0.6) is 11.6 Å². The number of morpholine rings is 1. The Labute approximate surface area is 297 Å². The summed E-state index contributed by atoms with van der Waals surface area (Å²) in [4.78, 5) is 37.4. The Bertz CT molecular complexity index is 1880. The monoisotopic (exact) mass is 718 g/mol. The number of hydrogen-bond donors (Lipinski definition) is 2. The summed E-state index contributed by atoms with van der Waals surface area (Å²) in [6.45, 7) is 4.22. The third-order valence-corrected chi connectivity index (χ3v) is 9.44. The molecule has 0 aliphatic carbocycles. The van der Waals surface area contributed by atoms with Gasteiger partial charge in [0.1, 0.15) is 5.75 Å². The summed E-state index contributed by atoms with van der Waals surface area (Å²) < 4.78 is 36.5. The molecule has 6 rings (SSSR count). The van der Waals surface area contributed by atoms with Gasteiger partial charge < -0.3 is 19.7 Å². The molecular weight excluding hydrogens is 680 g/mol. The van der Waals surface area contributed by atoms with E-state index in [1.54, 1.807) is 53.6 Å². The average Bonchev–Trinajstić information content (AvgIpc) is 3.11. The topological polar surface area (TPSA) is 133 Å². The number of aromatic nitrogens is 1. The first-order valence-electron chi connectivity index (χ1n) is 16.4. The van der Waals surface area contributed by atoms with Crippen LogP contribution in [0.3, 0.4) is 0 Å². The zero-order valence-electron chi connectivity index (χ0n) is 27.6. The molecule has 50 heavy (non-hydrogen) atoms. The van der Waals surface area contributed by atoms with Gasteiger partial charge in [-0.2, -0.15) is 0 Å². The van der Waals surface area contributed by atoms with Gasteiger partial charge in [0.05, 0.1) is 30.1 Å². The van der Waals surface area contributed by atoms with Crippen molar-refractivity contribution in [2.75, 3.05) is 60.6 Å². The van der Waals surface area contributed by atoms with Crippen molar-refractivity contribution in [1.29, 1.82) is 0 Å². The lowest BCUT2D eigenvalue weighted by atomic mass is 10.0. The molecule has 0 atom stereocenters. The van der Waals surface area contributed by atoms with E-state index in [-0.39, 0.29) is 18.0 Å². The van der Waals surface area contributed by atoms with Crippen molar-refractivity contribution in [2.24, 2.45) is 0 Å². The van der Waals surface area contributed by atoms with E-state index >= 15 is 0 Å². The van der Waals surface area contributed by atoms with Gasteiger partial charge in [0.2, 0.25) is 15.9 Å². The summed E-state index contributed by atoms with van der Waals surface area (Å²) in [5, 5.41) is 3.35. The van der Waals surface area contributed by atoms with Gasteiger partial charge in [-0.3, -0.25) is 19.3 Å². The summed E-state index contributed by atoms with van der Waals surface area (Å²) in [5.74, 6) is 0.783. The molecule has 3 amide bonds. The molecule has 2 aliphatic rings. The molecule has 0 radical (unpaired) electrons. The van der Waals surface area contributed by atoms with E-state index in [9.17, 15) is 18.0 Å². The van der Waals surface area contributed by atoms with Crippen molar-refractivity contribution in [2.45, 2.75) is 25.4 Å². The number of ether oxygens (including phenoxy) is 2. The maximum absolute atomic E-state index is 13.9. The fraction of sp³-hybridized carbons (Fsp3) is 0.306. The normalized spacial score (nSPS) is 15.7. The second-order valence-electron chi connectivity index (χ2n) is 12.2. The quantitative estimate of drug-likeness (QED) is 0.202. The van der Waals surface area contributed by atoms with Gasteiger partial charge in [0.15, 0.2) is 0 Å². The van der Waals surface area contributed by atoms with Crippen molar-refractivity contribution < 1.29 is 27.5 Å². The maximum atomic E-state index is 13.9. The van der Waals surface area contributed by atoms with Crippen LogP contribution < -0.4 is 19.7 Å². The minimum Gasteiger partial charge on any atom is -0.439 e. The molecule has 0 unspecified atom stereocenters. The van der Waals surface area contributed by atoms with Crippen LogP contribution in [0.4, 0.5) is 21.9 Å². The Balaban J connectivity index is 1.06. The predicted octanol–water partition coefficient (Wildman–Crippen LogP) is 6.07. The second-order valence-corrected chi connectivity index (χ2v) is 14.4. The molecule has 0 bridgehead atoms. The van der Waals surface area contributed by atoms with Crippen LogP contribution >= 0.6 is 11.6 Å². The maximum Gasteiger partial charge on any atom is 0.326 e. The molecule has 4 aromatic rings. The number of benzene rings is 3. The molecule has 3 heterocycles. The summed E-state index contributed by atoms with van der Waals surface area (Å²) in [7, 11) is -3.35. The number of halogens is 1. The molecule has 2 aliphatic heterocycles. The number of amides is 3. The molecule has 12 nitrogen and oxygen atoms in total. The van der Waals surface area contributed by atoms with Crippen LogP contribution in [0, 0.1) is 0 Å². The van der Waals surface area contributed by atoms with Gasteiger partial charge in [0.25, 0.3) is 5.91 Å². The molecule has 14 heteroatoms. The van der Waals surface area contributed by atoms with Gasteiger partial charge in [0, 0.05) is 68.1 Å². The number of carbonyl (C=O) groups excluding carboxylic acids is 2. The smallest absolute Gasteiger partial charge is 0.326 e. The number of hydrogen-bond acceptors (Lipinski definition) is 8. The van der Waals surface area contributed by atoms with Crippen LogP contribution in [0.25, 0.3) is 0 Å². The Morgan fingerprint density at radius 2 is 1.64 bits per heavy atom. The minimum absolute atomic E-state index is 0.0386. The second kappa shape index (κ2) is 15.9. The van der Waals surface area contributed by atoms with E-state index in [0.717, 1.165) is 43.4 Å². The molecule has 2 fully saturated rings. The number of likely N-dealkylation sites (tertiary alicyclic amines) is 1. The first-order valence-corrected chi connectivity index (χ1v) is 18.6. The fourth-order valence-electron chi connectivity index (χ4n) is 6.05. The van der Waals surface area contributed by atoms with Gasteiger partial charge in [-0.15, -0.1) is 0 Å². The van der Waals surface area contributed by atoms with E-state index in [2.05, 4.69) is 19.9 Å². The number of sulfonamides is 1. The summed E-state index contributed by atoms with van der Waals surface area (Å²) >= 11 is 6.43. The van der Waals surface area contributed by atoms with E-state index in [1.165, 1.54) is 0 Å². The third kappa shape index (κ3) is 9.30. The molecule has 3 aromatic carbocycles. The molecule has 262 valence electrons. The highest BCUT2D eigenvalue weighted by Crippen LogP contribution is 2.28. The molecule has 2 saturated heterocycles. The van der Waals surface area contributed by atoms with Gasteiger partial charge >= 0.3 is 6.03 Å². The van der Waals surface area contributed by atoms with Gasteiger partial charge in [-0.05, 0) is 73.0 Å². The van der Waals surface area contributed by atoms with Crippen molar-refractivity contribution in [3.8, 4) is 11.6 Å². The highest BCUT2D eigenvalue weighted by Gasteiger charge is 2.30. The zero-order valence-corrected chi connectivity index (χ0v) is 29.2. The first-order chi connectivity index (χ1) is 24.1. The number of carbonyl (C=O) groups is 2. The summed E-state index contributed by atoms with van der Waals surface area (Å²) in [6.07, 6.45) is 4.42. The van der Waals surface area contributed by atoms with Crippen LogP contribution in [0.15, 0.2) is 91.1 Å². The van der Waals surface area contributed by atoms with Gasteiger partial charge in [-0.25, -0.2) is 18.2 Å². The van der Waals surface area contributed by atoms with Crippen molar-refractivity contribution in [1.82, 2.24) is 14.8 Å². The van der Waals surface area contributed by atoms with Crippen molar-refractivity contribution in [3.63, 3.8) is 0 Å². The Kier molecular flexibility index (Phi) is 11.2. The lowest BCUT2D eigenvalue weighted by Crippen LogP contribution is -2.49. The van der Waals surface area contributed by atoms with Crippen molar-refractivity contribution >= 4 is 50.6 Å². The number of anilines is 3. The number of nitrogens with zero attached hydrogens (tertiary/aromatic N) is 4. The third-order valence-electron chi connectivity index (χ3n) is 8.51. The molecule has 0 spiro atoms. The number of piperidine rings is 1. The Morgan fingerprint density at radius 1 is 0.940 bits per heavy atom. The summed E-state index contributed by atoms with van der Waals surface area (Å²) in [5.41, 5.74) is 3.12. The van der Waals surface area contributed by atoms with Crippen LogP contribution in [0.1, 0.15) is 28.8 Å². The van der Waals surface area contributed by atoms with E-state index in [1.807, 2.05) is 47.4 Å². The zero-order chi connectivity index (χ0) is 35.1. The van der Waals surface area contributed by atoms with Crippen LogP contribution in [-0.4, -0.2) is 86.8 Å². The van der Waals surface area contributed by atoms with Crippen molar-refractivity contribution in [3.05, 3.63) is 107 Å². The molecular formula is C36H39ClN6O6S. The molecule has 0 saturated carbocycles. The van der Waals surface area contributed by atoms with E-state index in [0.29, 0.717) is 66.4 Å². The van der Waals surface area contributed by atoms with Gasteiger partial charge in [-0.1, -0.05) is 35.9 Å². The highest BCUT2D eigenvalue weighted by atomic mass is 35.5. The lowest BCUT2D eigenvalue weighted by Gasteiger charge is -2.38. The van der Waals surface area contributed by atoms with Crippen LogP contribution in [0.2, 0.25) is 5.02 Å². The summed E-state index contributed by atoms with van der Waals surface area (Å²) in [6, 6.07) is 24.7.